The van der Waals surface area contributed by atoms with Gasteiger partial charge in [0, 0.05) is 25.7 Å². The van der Waals surface area contributed by atoms with Crippen LogP contribution in [0.3, 0.4) is 0 Å². The van der Waals surface area contributed by atoms with Crippen molar-refractivity contribution in [2.75, 3.05) is 13.1 Å². The number of piperidine rings is 1. The molecule has 0 amide bonds. The van der Waals surface area contributed by atoms with Gasteiger partial charge in [0.25, 0.3) is 0 Å². The molecule has 1 fully saturated rings. The summed E-state index contributed by atoms with van der Waals surface area (Å²) in [5.74, 6) is 0.946. The molecule has 0 saturated carbocycles. The van der Waals surface area contributed by atoms with Gasteiger partial charge in [0.15, 0.2) is 0 Å². The molecule has 3 rings (SSSR count). The average molecular weight is 244 g/mol. The highest BCUT2D eigenvalue weighted by molar-refractivity contribution is 5.30. The van der Waals surface area contributed by atoms with E-state index in [0.29, 0.717) is 6.04 Å². The van der Waals surface area contributed by atoms with Crippen LogP contribution in [0.15, 0.2) is 24.3 Å². The molecule has 1 saturated heterocycles. The summed E-state index contributed by atoms with van der Waals surface area (Å²) in [6, 6.07) is 9.58. The number of benzene rings is 1. The number of hydrogen-bond acceptors (Lipinski definition) is 2. The van der Waals surface area contributed by atoms with Crippen LogP contribution in [0.5, 0.6) is 0 Å². The Morgan fingerprint density at radius 1 is 1.22 bits per heavy atom. The molecule has 0 radical (unpaired) electrons. The van der Waals surface area contributed by atoms with Crippen molar-refractivity contribution in [1.29, 1.82) is 0 Å². The third-order valence-electron chi connectivity index (χ3n) is 4.57. The normalized spacial score (nSPS) is 28.3. The maximum Gasteiger partial charge on any atom is 0.0241 e. The monoisotopic (exact) mass is 244 g/mol. The van der Waals surface area contributed by atoms with Gasteiger partial charge >= 0.3 is 0 Å². The zero-order valence-corrected chi connectivity index (χ0v) is 11.4. The fourth-order valence-electron chi connectivity index (χ4n) is 3.45. The van der Waals surface area contributed by atoms with E-state index in [-0.39, 0.29) is 0 Å². The van der Waals surface area contributed by atoms with E-state index in [1.54, 1.807) is 0 Å². The first-order chi connectivity index (χ1) is 8.85. The quantitative estimate of drug-likeness (QED) is 0.879. The molecule has 2 nitrogen and oxygen atoms in total. The number of hydrogen-bond donors (Lipinski definition) is 1. The van der Waals surface area contributed by atoms with Crippen LogP contribution in [0.4, 0.5) is 0 Å². The molecular formula is C16H24N2. The summed E-state index contributed by atoms with van der Waals surface area (Å²) in [5.41, 5.74) is 3.06. The highest BCUT2D eigenvalue weighted by atomic mass is 15.2. The minimum absolute atomic E-state index is 0.706. The summed E-state index contributed by atoms with van der Waals surface area (Å²) in [7, 11) is 0. The molecule has 2 heteroatoms. The maximum atomic E-state index is 3.70. The van der Waals surface area contributed by atoms with Crippen LogP contribution in [0.2, 0.25) is 0 Å². The zero-order valence-electron chi connectivity index (χ0n) is 11.4. The van der Waals surface area contributed by atoms with E-state index in [4.69, 9.17) is 0 Å². The molecule has 0 bridgehead atoms. The van der Waals surface area contributed by atoms with Crippen molar-refractivity contribution >= 4 is 0 Å². The Morgan fingerprint density at radius 2 is 1.94 bits per heavy atom. The Labute approximate surface area is 110 Å². The standard InChI is InChI=1S/C16H24N2/c1-2-13-7-8-17-16(9-13)12-18-10-14-5-3-4-6-15(14)11-18/h3-6,13,16-17H,2,7-12H2,1H3. The Balaban J connectivity index is 1.56. The predicted molar refractivity (Wildman–Crippen MR) is 75.4 cm³/mol. The van der Waals surface area contributed by atoms with Crippen molar-refractivity contribution in [1.82, 2.24) is 10.2 Å². The van der Waals surface area contributed by atoms with Gasteiger partial charge in [-0.1, -0.05) is 37.6 Å². The second-order valence-corrected chi connectivity index (χ2v) is 5.89. The Bertz CT molecular complexity index is 377. The summed E-state index contributed by atoms with van der Waals surface area (Å²) in [5, 5.41) is 3.70. The second-order valence-electron chi connectivity index (χ2n) is 5.89. The van der Waals surface area contributed by atoms with E-state index in [1.807, 2.05) is 0 Å². The third kappa shape index (κ3) is 2.60. The van der Waals surface area contributed by atoms with Gasteiger partial charge in [0.05, 0.1) is 0 Å². The van der Waals surface area contributed by atoms with Gasteiger partial charge in [-0.05, 0) is 36.4 Å². The molecular weight excluding hydrogens is 220 g/mol. The SMILES string of the molecule is CCC1CCNC(CN2Cc3ccccc3C2)C1. The van der Waals surface area contributed by atoms with Crippen molar-refractivity contribution in [2.24, 2.45) is 5.92 Å². The van der Waals surface area contributed by atoms with E-state index in [2.05, 4.69) is 41.4 Å². The Kier molecular flexibility index (Phi) is 3.67. The molecule has 0 aromatic heterocycles. The van der Waals surface area contributed by atoms with Gasteiger partial charge in [0.2, 0.25) is 0 Å². The van der Waals surface area contributed by atoms with E-state index in [9.17, 15) is 0 Å². The van der Waals surface area contributed by atoms with Gasteiger partial charge in [-0.3, -0.25) is 4.90 Å². The van der Waals surface area contributed by atoms with Gasteiger partial charge in [-0.25, -0.2) is 0 Å². The van der Waals surface area contributed by atoms with E-state index >= 15 is 0 Å². The van der Waals surface area contributed by atoms with Crippen molar-refractivity contribution < 1.29 is 0 Å². The van der Waals surface area contributed by atoms with Gasteiger partial charge in [0.1, 0.15) is 0 Å². The maximum absolute atomic E-state index is 3.70. The van der Waals surface area contributed by atoms with Crippen LogP contribution < -0.4 is 5.32 Å². The summed E-state index contributed by atoms with van der Waals surface area (Å²) >= 11 is 0. The highest BCUT2D eigenvalue weighted by Crippen LogP contribution is 2.25. The topological polar surface area (TPSA) is 15.3 Å². The third-order valence-corrected chi connectivity index (χ3v) is 4.57. The summed E-state index contributed by atoms with van der Waals surface area (Å²) in [6.45, 7) is 7.05. The lowest BCUT2D eigenvalue weighted by molar-refractivity contribution is 0.201. The lowest BCUT2D eigenvalue weighted by Gasteiger charge is -2.32. The molecule has 2 atom stereocenters. The Hall–Kier alpha value is -0.860. The smallest absolute Gasteiger partial charge is 0.0241 e. The summed E-state index contributed by atoms with van der Waals surface area (Å²) < 4.78 is 0. The summed E-state index contributed by atoms with van der Waals surface area (Å²) in [6.07, 6.45) is 4.08. The zero-order chi connectivity index (χ0) is 12.4. The predicted octanol–water partition coefficient (Wildman–Crippen LogP) is 2.78. The van der Waals surface area contributed by atoms with Crippen LogP contribution in [-0.2, 0) is 13.1 Å². The number of fused-ring (bicyclic) bond motifs is 1. The van der Waals surface area contributed by atoms with Crippen LogP contribution in [0, 0.1) is 5.92 Å². The van der Waals surface area contributed by atoms with Crippen molar-refractivity contribution in [3.8, 4) is 0 Å². The molecule has 98 valence electrons. The molecule has 2 aliphatic rings. The van der Waals surface area contributed by atoms with E-state index < -0.39 is 0 Å². The first kappa shape index (κ1) is 12.2. The number of nitrogens with zero attached hydrogens (tertiary/aromatic N) is 1. The average Bonchev–Trinajstić information content (AvgIpc) is 2.81. The van der Waals surface area contributed by atoms with Gasteiger partial charge in [-0.15, -0.1) is 0 Å². The van der Waals surface area contributed by atoms with Gasteiger partial charge < -0.3 is 5.32 Å². The van der Waals surface area contributed by atoms with Gasteiger partial charge in [-0.2, -0.15) is 0 Å². The minimum atomic E-state index is 0.706. The van der Waals surface area contributed by atoms with Crippen molar-refractivity contribution in [2.45, 2.75) is 45.3 Å². The van der Waals surface area contributed by atoms with Crippen LogP contribution in [0.1, 0.15) is 37.3 Å². The van der Waals surface area contributed by atoms with E-state index in [0.717, 1.165) is 19.0 Å². The molecule has 2 unspecified atom stereocenters. The first-order valence-electron chi connectivity index (χ1n) is 7.37. The number of rotatable bonds is 3. The Morgan fingerprint density at radius 3 is 2.61 bits per heavy atom. The minimum Gasteiger partial charge on any atom is -0.313 e. The molecule has 1 aromatic carbocycles. The lowest BCUT2D eigenvalue weighted by atomic mass is 9.90. The van der Waals surface area contributed by atoms with Crippen LogP contribution >= 0.6 is 0 Å². The molecule has 0 spiro atoms. The fourth-order valence-corrected chi connectivity index (χ4v) is 3.45. The number of nitrogens with one attached hydrogen (secondary N) is 1. The van der Waals surface area contributed by atoms with Crippen molar-refractivity contribution in [3.63, 3.8) is 0 Å². The fraction of sp³-hybridized carbons (Fsp3) is 0.625. The van der Waals surface area contributed by atoms with Crippen LogP contribution in [0.25, 0.3) is 0 Å². The van der Waals surface area contributed by atoms with E-state index in [1.165, 1.54) is 43.5 Å². The largest absolute Gasteiger partial charge is 0.313 e. The van der Waals surface area contributed by atoms with Crippen LogP contribution in [-0.4, -0.2) is 24.0 Å². The highest BCUT2D eigenvalue weighted by Gasteiger charge is 2.25. The lowest BCUT2D eigenvalue weighted by Crippen LogP contribution is -2.44. The molecule has 1 aromatic rings. The van der Waals surface area contributed by atoms with Crippen molar-refractivity contribution in [3.05, 3.63) is 35.4 Å². The molecule has 18 heavy (non-hydrogen) atoms. The summed E-state index contributed by atoms with van der Waals surface area (Å²) in [4.78, 5) is 2.60. The molecule has 2 heterocycles. The second kappa shape index (κ2) is 5.41. The molecule has 0 aliphatic carbocycles. The molecule has 1 N–H and O–H groups in total. The molecule has 2 aliphatic heterocycles. The first-order valence-corrected chi connectivity index (χ1v) is 7.37.